The fourth-order valence-electron chi connectivity index (χ4n) is 1.02. The lowest BCUT2D eigenvalue weighted by Gasteiger charge is -2.22. The van der Waals surface area contributed by atoms with E-state index in [9.17, 15) is 0 Å². The highest BCUT2D eigenvalue weighted by Crippen LogP contribution is 2.24. The molecule has 74 valence electrons. The lowest BCUT2D eigenvalue weighted by Crippen LogP contribution is -2.25. The van der Waals surface area contributed by atoms with Crippen molar-refractivity contribution >= 4 is 0 Å². The van der Waals surface area contributed by atoms with E-state index in [1.54, 1.807) is 7.11 Å². The van der Waals surface area contributed by atoms with Crippen LogP contribution in [0.3, 0.4) is 0 Å². The number of rotatable bonds is 4. The smallest absolute Gasteiger partial charge is 0.182 e. The molecule has 0 bridgehead atoms. The number of aromatic amines is 1. The molecule has 0 aliphatic carbocycles. The zero-order valence-electron chi connectivity index (χ0n) is 8.29. The van der Waals surface area contributed by atoms with Crippen LogP contribution < -0.4 is 5.73 Å². The highest BCUT2D eigenvalue weighted by molar-refractivity contribution is 5.00. The van der Waals surface area contributed by atoms with E-state index in [1.807, 2.05) is 13.8 Å². The number of nitrogens with zero attached hydrogens (tertiary/aromatic N) is 2. The van der Waals surface area contributed by atoms with Gasteiger partial charge >= 0.3 is 0 Å². The molecule has 0 aliphatic rings. The first kappa shape index (κ1) is 10.1. The lowest BCUT2D eigenvalue weighted by molar-refractivity contribution is -0.00872. The van der Waals surface area contributed by atoms with Gasteiger partial charge in [0.05, 0.1) is 6.54 Å². The maximum Gasteiger partial charge on any atom is 0.182 e. The molecule has 0 saturated carbocycles. The summed E-state index contributed by atoms with van der Waals surface area (Å²) in [6, 6.07) is 0. The van der Waals surface area contributed by atoms with Crippen molar-refractivity contribution in [2.24, 2.45) is 5.73 Å². The Kier molecular flexibility index (Phi) is 3.00. The molecule has 1 rings (SSSR count). The lowest BCUT2D eigenvalue weighted by atomic mass is 10.0. The minimum Gasteiger partial charge on any atom is -0.370 e. The Balaban J connectivity index is 2.91. The van der Waals surface area contributed by atoms with Crippen LogP contribution in [0.15, 0.2) is 0 Å². The Labute approximate surface area is 77.7 Å². The average Bonchev–Trinajstić information content (AvgIpc) is 2.65. The zero-order valence-corrected chi connectivity index (χ0v) is 8.29. The fourth-order valence-corrected chi connectivity index (χ4v) is 1.02. The van der Waals surface area contributed by atoms with Crippen molar-refractivity contribution in [2.75, 3.05) is 7.11 Å². The van der Waals surface area contributed by atoms with E-state index < -0.39 is 5.60 Å². The van der Waals surface area contributed by atoms with Gasteiger partial charge in [-0.05, 0) is 13.3 Å². The van der Waals surface area contributed by atoms with Crippen LogP contribution in [0.25, 0.3) is 0 Å². The third-order valence-electron chi connectivity index (χ3n) is 2.32. The van der Waals surface area contributed by atoms with Crippen molar-refractivity contribution < 1.29 is 4.74 Å². The number of ether oxygens (including phenoxy) is 1. The van der Waals surface area contributed by atoms with Gasteiger partial charge in [0.1, 0.15) is 11.4 Å². The standard InChI is InChI=1S/C8H16N4O/c1-4-8(2,13-3)7-10-6(5-9)11-12-7/h4-5,9H2,1-3H3,(H,10,11,12). The summed E-state index contributed by atoms with van der Waals surface area (Å²) < 4.78 is 5.35. The molecular weight excluding hydrogens is 168 g/mol. The number of nitrogens with one attached hydrogen (secondary N) is 1. The Bertz CT molecular complexity index is 267. The molecule has 0 radical (unpaired) electrons. The third-order valence-corrected chi connectivity index (χ3v) is 2.32. The van der Waals surface area contributed by atoms with Gasteiger partial charge in [0, 0.05) is 7.11 Å². The highest BCUT2D eigenvalue weighted by Gasteiger charge is 2.28. The zero-order chi connectivity index (χ0) is 9.90. The first-order valence-electron chi connectivity index (χ1n) is 4.33. The van der Waals surface area contributed by atoms with Crippen LogP contribution in [-0.2, 0) is 16.9 Å². The van der Waals surface area contributed by atoms with E-state index in [-0.39, 0.29) is 0 Å². The molecule has 0 aromatic carbocycles. The van der Waals surface area contributed by atoms with Crippen molar-refractivity contribution in [2.45, 2.75) is 32.4 Å². The molecule has 0 spiro atoms. The molecule has 5 nitrogen and oxygen atoms in total. The second-order valence-corrected chi connectivity index (χ2v) is 3.10. The van der Waals surface area contributed by atoms with E-state index in [2.05, 4.69) is 15.2 Å². The molecule has 5 heteroatoms. The molecule has 1 aromatic heterocycles. The Morgan fingerprint density at radius 1 is 1.62 bits per heavy atom. The molecule has 1 aromatic rings. The first-order valence-corrected chi connectivity index (χ1v) is 4.33. The van der Waals surface area contributed by atoms with Crippen molar-refractivity contribution in [3.05, 3.63) is 11.6 Å². The topological polar surface area (TPSA) is 76.8 Å². The van der Waals surface area contributed by atoms with Crippen molar-refractivity contribution in [3.63, 3.8) is 0 Å². The molecule has 0 aliphatic heterocycles. The second kappa shape index (κ2) is 3.85. The normalized spacial score (nSPS) is 15.7. The maximum absolute atomic E-state index is 5.41. The molecule has 0 saturated heterocycles. The molecule has 1 atom stereocenters. The van der Waals surface area contributed by atoms with E-state index in [1.165, 1.54) is 0 Å². The monoisotopic (exact) mass is 184 g/mol. The summed E-state index contributed by atoms with van der Waals surface area (Å²) in [4.78, 5) is 4.23. The minimum absolute atomic E-state index is 0.372. The van der Waals surface area contributed by atoms with Gasteiger partial charge < -0.3 is 10.5 Å². The summed E-state index contributed by atoms with van der Waals surface area (Å²) >= 11 is 0. The number of methoxy groups -OCH3 is 1. The summed E-state index contributed by atoms with van der Waals surface area (Å²) in [5.74, 6) is 1.35. The summed E-state index contributed by atoms with van der Waals surface area (Å²) in [5, 5.41) is 6.82. The highest BCUT2D eigenvalue weighted by atomic mass is 16.5. The number of hydrogen-bond donors (Lipinski definition) is 2. The molecule has 1 unspecified atom stereocenters. The van der Waals surface area contributed by atoms with Gasteiger partial charge in [-0.25, -0.2) is 4.98 Å². The number of aromatic nitrogens is 3. The maximum atomic E-state index is 5.41. The van der Waals surface area contributed by atoms with E-state index >= 15 is 0 Å². The van der Waals surface area contributed by atoms with Crippen LogP contribution in [-0.4, -0.2) is 22.3 Å². The van der Waals surface area contributed by atoms with Crippen molar-refractivity contribution in [1.29, 1.82) is 0 Å². The van der Waals surface area contributed by atoms with Crippen LogP contribution in [0.5, 0.6) is 0 Å². The van der Waals surface area contributed by atoms with Crippen molar-refractivity contribution in [3.8, 4) is 0 Å². The molecular formula is C8H16N4O. The van der Waals surface area contributed by atoms with Gasteiger partial charge in [-0.2, -0.15) is 5.10 Å². The quantitative estimate of drug-likeness (QED) is 0.715. The van der Waals surface area contributed by atoms with Crippen LogP contribution in [0, 0.1) is 0 Å². The Morgan fingerprint density at radius 3 is 2.69 bits per heavy atom. The van der Waals surface area contributed by atoms with Gasteiger partial charge in [0.15, 0.2) is 5.82 Å². The van der Waals surface area contributed by atoms with Crippen molar-refractivity contribution in [1.82, 2.24) is 15.2 Å². The summed E-state index contributed by atoms with van der Waals surface area (Å²) in [7, 11) is 1.65. The molecule has 3 N–H and O–H groups in total. The summed E-state index contributed by atoms with van der Waals surface area (Å²) in [6.07, 6.45) is 0.825. The SMILES string of the molecule is CCC(C)(OC)c1n[nH]c(CN)n1. The predicted molar refractivity (Wildman–Crippen MR) is 48.9 cm³/mol. The first-order chi connectivity index (χ1) is 6.16. The number of hydrogen-bond acceptors (Lipinski definition) is 4. The third kappa shape index (κ3) is 1.87. The van der Waals surface area contributed by atoms with E-state index in [0.717, 1.165) is 6.42 Å². The number of nitrogens with two attached hydrogens (primary N) is 1. The van der Waals surface area contributed by atoms with Gasteiger partial charge in [0.2, 0.25) is 0 Å². The Morgan fingerprint density at radius 2 is 2.31 bits per heavy atom. The molecule has 0 fully saturated rings. The van der Waals surface area contributed by atoms with Gasteiger partial charge in [0.25, 0.3) is 0 Å². The second-order valence-electron chi connectivity index (χ2n) is 3.10. The fraction of sp³-hybridized carbons (Fsp3) is 0.750. The minimum atomic E-state index is -0.413. The number of H-pyrrole nitrogens is 1. The van der Waals surface area contributed by atoms with Crippen LogP contribution >= 0.6 is 0 Å². The molecule has 1 heterocycles. The van der Waals surface area contributed by atoms with Crippen LogP contribution in [0.2, 0.25) is 0 Å². The van der Waals surface area contributed by atoms with Gasteiger partial charge in [-0.1, -0.05) is 6.92 Å². The Hall–Kier alpha value is -0.940. The summed E-state index contributed by atoms with van der Waals surface area (Å²) in [5.41, 5.74) is 5.00. The molecule has 0 amide bonds. The largest absolute Gasteiger partial charge is 0.370 e. The van der Waals surface area contributed by atoms with Gasteiger partial charge in [-0.3, -0.25) is 5.10 Å². The average molecular weight is 184 g/mol. The molecule has 13 heavy (non-hydrogen) atoms. The van der Waals surface area contributed by atoms with E-state index in [0.29, 0.717) is 18.2 Å². The van der Waals surface area contributed by atoms with Crippen LogP contribution in [0.1, 0.15) is 31.9 Å². The predicted octanol–water partition coefficient (Wildman–Crippen LogP) is 0.535. The van der Waals surface area contributed by atoms with Gasteiger partial charge in [-0.15, -0.1) is 0 Å². The van der Waals surface area contributed by atoms with E-state index in [4.69, 9.17) is 10.5 Å². The van der Waals surface area contributed by atoms with Crippen LogP contribution in [0.4, 0.5) is 0 Å². The summed E-state index contributed by atoms with van der Waals surface area (Å²) in [6.45, 7) is 4.36.